The van der Waals surface area contributed by atoms with E-state index in [9.17, 15) is 18.4 Å². The second kappa shape index (κ2) is 6.20. The van der Waals surface area contributed by atoms with Gasteiger partial charge in [-0.05, 0) is 24.3 Å². The van der Waals surface area contributed by atoms with Crippen LogP contribution in [0.15, 0.2) is 23.0 Å². The second-order valence-corrected chi connectivity index (χ2v) is 7.30. The zero-order chi connectivity index (χ0) is 17.4. The molecule has 0 spiro atoms. The lowest BCUT2D eigenvalue weighted by Crippen LogP contribution is -2.30. The molecule has 0 N–H and O–H groups in total. The third-order valence-corrected chi connectivity index (χ3v) is 4.41. The number of carbonyl (C=O) groups is 1. The Morgan fingerprint density at radius 2 is 1.91 bits per heavy atom. The topological polar surface area (TPSA) is 39.1 Å². The molecule has 0 aliphatic rings. The van der Waals surface area contributed by atoms with Crippen LogP contribution in [0.5, 0.6) is 0 Å². The van der Waals surface area contributed by atoms with Gasteiger partial charge in [0.2, 0.25) is 0 Å². The van der Waals surface area contributed by atoms with E-state index >= 15 is 0 Å². The van der Waals surface area contributed by atoms with Crippen molar-refractivity contribution in [2.45, 2.75) is 20.8 Å². The Morgan fingerprint density at radius 1 is 1.26 bits per heavy atom. The summed E-state index contributed by atoms with van der Waals surface area (Å²) in [7, 11) is 1.54. The molecule has 1 aromatic carbocycles. The standard InChI is InChI=1S/C17H17F2NO2S/c1-17(2,3)14(21)9-15-20(4)16(22)13(23-15)8-10-7-11(18)5-6-12(10)19/h5-9H,1-4H3. The molecule has 0 fully saturated rings. The fourth-order valence-corrected chi connectivity index (χ4v) is 2.82. The first-order valence-electron chi connectivity index (χ1n) is 6.98. The molecule has 2 aromatic rings. The third-order valence-electron chi connectivity index (χ3n) is 3.30. The van der Waals surface area contributed by atoms with Gasteiger partial charge < -0.3 is 4.57 Å². The summed E-state index contributed by atoms with van der Waals surface area (Å²) in [5, 5.41) is 0. The number of hydrogen-bond donors (Lipinski definition) is 0. The van der Waals surface area contributed by atoms with E-state index in [1.165, 1.54) is 16.7 Å². The second-order valence-electron chi connectivity index (χ2n) is 6.24. The Labute approximate surface area is 136 Å². The predicted molar refractivity (Wildman–Crippen MR) is 87.7 cm³/mol. The molecule has 6 heteroatoms. The number of ketones is 1. The summed E-state index contributed by atoms with van der Waals surface area (Å²) in [6, 6.07) is 3.05. The highest BCUT2D eigenvalue weighted by atomic mass is 32.1. The summed E-state index contributed by atoms with van der Waals surface area (Å²) in [4.78, 5) is 24.3. The molecule has 2 rings (SSSR count). The van der Waals surface area contributed by atoms with Gasteiger partial charge in [-0.1, -0.05) is 20.8 Å². The highest BCUT2D eigenvalue weighted by molar-refractivity contribution is 7.07. The molecular formula is C17H17F2NO2S. The minimum Gasteiger partial charge on any atom is -0.302 e. The zero-order valence-corrected chi connectivity index (χ0v) is 14.1. The van der Waals surface area contributed by atoms with Gasteiger partial charge in [0.15, 0.2) is 5.78 Å². The highest BCUT2D eigenvalue weighted by Crippen LogP contribution is 2.14. The summed E-state index contributed by atoms with van der Waals surface area (Å²) in [5.41, 5.74) is -0.914. The minimum absolute atomic E-state index is 0.00218. The Bertz CT molecular complexity index is 933. The smallest absolute Gasteiger partial charge is 0.268 e. The van der Waals surface area contributed by atoms with Crippen LogP contribution in [0.1, 0.15) is 26.3 Å². The fourth-order valence-electron chi connectivity index (χ4n) is 1.80. The molecule has 3 nitrogen and oxygen atoms in total. The van der Waals surface area contributed by atoms with Crippen LogP contribution < -0.4 is 14.8 Å². The number of rotatable bonds is 2. The van der Waals surface area contributed by atoms with Crippen molar-refractivity contribution >= 4 is 29.3 Å². The summed E-state index contributed by atoms with van der Waals surface area (Å²) in [6.45, 7) is 5.35. The van der Waals surface area contributed by atoms with Gasteiger partial charge >= 0.3 is 0 Å². The highest BCUT2D eigenvalue weighted by Gasteiger charge is 2.19. The van der Waals surface area contributed by atoms with Crippen LogP contribution >= 0.6 is 11.3 Å². The number of halogens is 2. The van der Waals surface area contributed by atoms with E-state index in [-0.39, 0.29) is 21.4 Å². The van der Waals surface area contributed by atoms with Crippen molar-refractivity contribution in [2.24, 2.45) is 12.5 Å². The first-order valence-corrected chi connectivity index (χ1v) is 7.80. The normalized spacial score (nSPS) is 13.7. The molecular weight excluding hydrogens is 320 g/mol. The maximum Gasteiger partial charge on any atom is 0.268 e. The zero-order valence-electron chi connectivity index (χ0n) is 13.3. The van der Waals surface area contributed by atoms with Crippen molar-refractivity contribution < 1.29 is 13.6 Å². The number of Topliss-reactive ketones (excluding diaryl/α,β-unsaturated/α-hetero) is 1. The SMILES string of the molecule is Cn1c(=CC(=O)C(C)(C)C)sc(=Cc2cc(F)ccc2F)c1=O. The molecule has 0 amide bonds. The van der Waals surface area contributed by atoms with Crippen LogP contribution in [0.3, 0.4) is 0 Å². The Morgan fingerprint density at radius 3 is 2.52 bits per heavy atom. The van der Waals surface area contributed by atoms with Crippen LogP contribution in [-0.2, 0) is 11.8 Å². The van der Waals surface area contributed by atoms with Gasteiger partial charge in [-0.2, -0.15) is 0 Å². The monoisotopic (exact) mass is 337 g/mol. The number of thiazole rings is 1. The van der Waals surface area contributed by atoms with Crippen molar-refractivity contribution in [3.8, 4) is 0 Å². The van der Waals surface area contributed by atoms with E-state index in [1.54, 1.807) is 27.8 Å². The summed E-state index contributed by atoms with van der Waals surface area (Å²) in [6.07, 6.45) is 2.70. The fraction of sp³-hybridized carbons (Fsp3) is 0.294. The molecule has 0 aliphatic carbocycles. The molecule has 0 saturated heterocycles. The van der Waals surface area contributed by atoms with E-state index < -0.39 is 17.0 Å². The molecule has 0 bridgehead atoms. The van der Waals surface area contributed by atoms with Gasteiger partial charge in [0.25, 0.3) is 5.56 Å². The van der Waals surface area contributed by atoms with Crippen molar-refractivity contribution in [2.75, 3.05) is 0 Å². The molecule has 0 aliphatic heterocycles. The van der Waals surface area contributed by atoms with Crippen LogP contribution in [0.4, 0.5) is 8.78 Å². The Balaban J connectivity index is 2.64. The lowest BCUT2D eigenvalue weighted by atomic mass is 9.91. The third kappa shape index (κ3) is 3.82. The largest absolute Gasteiger partial charge is 0.302 e. The quantitative estimate of drug-likeness (QED) is 0.840. The van der Waals surface area contributed by atoms with E-state index in [4.69, 9.17) is 0 Å². The molecule has 1 heterocycles. The molecule has 0 radical (unpaired) electrons. The summed E-state index contributed by atoms with van der Waals surface area (Å²) in [5.74, 6) is -1.31. The van der Waals surface area contributed by atoms with E-state index in [2.05, 4.69) is 0 Å². The van der Waals surface area contributed by atoms with Gasteiger partial charge in [0.1, 0.15) is 16.3 Å². The lowest BCUT2D eigenvalue weighted by molar-refractivity contribution is -0.120. The van der Waals surface area contributed by atoms with Crippen LogP contribution in [0.25, 0.3) is 12.2 Å². The van der Waals surface area contributed by atoms with E-state index in [0.29, 0.717) is 4.66 Å². The first kappa shape index (κ1) is 17.3. The van der Waals surface area contributed by atoms with E-state index in [1.807, 2.05) is 0 Å². The minimum atomic E-state index is -0.613. The molecule has 23 heavy (non-hydrogen) atoms. The average Bonchev–Trinajstić information content (AvgIpc) is 2.70. The Hall–Kier alpha value is -2.08. The van der Waals surface area contributed by atoms with Crippen molar-refractivity contribution in [3.05, 3.63) is 54.9 Å². The average molecular weight is 337 g/mol. The van der Waals surface area contributed by atoms with Gasteiger partial charge in [-0.15, -0.1) is 11.3 Å². The first-order chi connectivity index (χ1) is 10.6. The predicted octanol–water partition coefficient (Wildman–Crippen LogP) is 1.95. The Kier molecular flexibility index (Phi) is 4.66. The molecule has 0 atom stereocenters. The number of hydrogen-bond acceptors (Lipinski definition) is 3. The van der Waals surface area contributed by atoms with Crippen LogP contribution in [0, 0.1) is 17.0 Å². The van der Waals surface area contributed by atoms with Crippen molar-refractivity contribution in [1.29, 1.82) is 0 Å². The number of carbonyl (C=O) groups excluding carboxylic acids is 1. The number of aromatic nitrogens is 1. The molecule has 122 valence electrons. The van der Waals surface area contributed by atoms with Crippen molar-refractivity contribution in [1.82, 2.24) is 4.57 Å². The number of nitrogens with zero attached hydrogens (tertiary/aromatic N) is 1. The van der Waals surface area contributed by atoms with E-state index in [0.717, 1.165) is 29.5 Å². The van der Waals surface area contributed by atoms with Gasteiger partial charge in [-0.25, -0.2) is 8.78 Å². The maximum atomic E-state index is 13.7. The summed E-state index contributed by atoms with van der Waals surface area (Å²) >= 11 is 1.07. The van der Waals surface area contributed by atoms with Gasteiger partial charge in [0, 0.05) is 24.1 Å². The molecule has 0 saturated carbocycles. The maximum absolute atomic E-state index is 13.7. The lowest BCUT2D eigenvalue weighted by Gasteiger charge is -2.12. The van der Waals surface area contributed by atoms with Gasteiger partial charge in [-0.3, -0.25) is 9.59 Å². The van der Waals surface area contributed by atoms with Gasteiger partial charge in [0.05, 0.1) is 4.53 Å². The summed E-state index contributed by atoms with van der Waals surface area (Å²) < 4.78 is 29.0. The molecule has 1 aromatic heterocycles. The van der Waals surface area contributed by atoms with Crippen LogP contribution in [-0.4, -0.2) is 10.4 Å². The molecule has 0 unspecified atom stereocenters. The van der Waals surface area contributed by atoms with Crippen molar-refractivity contribution in [3.63, 3.8) is 0 Å². The van der Waals surface area contributed by atoms with Crippen LogP contribution in [0.2, 0.25) is 0 Å². The number of benzene rings is 1.